The van der Waals surface area contributed by atoms with E-state index in [1.807, 2.05) is 0 Å². The molecule has 150 valence electrons. The van der Waals surface area contributed by atoms with Gasteiger partial charge in [-0.2, -0.15) is 0 Å². The third kappa shape index (κ3) is 3.70. The van der Waals surface area contributed by atoms with Crippen LogP contribution in [0.1, 0.15) is 35.7 Å². The van der Waals surface area contributed by atoms with Crippen LogP contribution in [0.5, 0.6) is 11.5 Å². The monoisotopic (exact) mass is 404 g/mol. The summed E-state index contributed by atoms with van der Waals surface area (Å²) in [6.45, 7) is 4.11. The zero-order valence-corrected chi connectivity index (χ0v) is 17.0. The molecule has 1 amide bonds. The van der Waals surface area contributed by atoms with Gasteiger partial charge in [-0.05, 0) is 35.2 Å². The van der Waals surface area contributed by atoms with Gasteiger partial charge in [0.1, 0.15) is 11.5 Å². The second-order valence-electron chi connectivity index (χ2n) is 7.43. The Labute approximate surface area is 164 Å². The van der Waals surface area contributed by atoms with E-state index in [0.29, 0.717) is 17.1 Å². The van der Waals surface area contributed by atoms with Gasteiger partial charge in [-0.3, -0.25) is 4.79 Å². The Balaban J connectivity index is 1.79. The largest absolute Gasteiger partial charge is 0.497 e. The Hall–Kier alpha value is -2.58. The number of nitrogens with one attached hydrogen (secondary N) is 1. The summed E-state index contributed by atoms with van der Waals surface area (Å²) >= 11 is 0. The number of benzene rings is 2. The highest BCUT2D eigenvalue weighted by Crippen LogP contribution is 2.58. The van der Waals surface area contributed by atoms with Gasteiger partial charge >= 0.3 is 0 Å². The summed E-state index contributed by atoms with van der Waals surface area (Å²) in [5, 5.41) is 8.22. The zero-order chi connectivity index (χ0) is 20.7. The molecule has 0 spiro atoms. The number of hydrogen-bond acceptors (Lipinski definition) is 5. The van der Waals surface area contributed by atoms with E-state index in [1.165, 1.54) is 19.2 Å². The van der Waals surface area contributed by atoms with E-state index >= 15 is 0 Å². The van der Waals surface area contributed by atoms with Gasteiger partial charge in [0, 0.05) is 18.0 Å². The lowest BCUT2D eigenvalue weighted by Gasteiger charge is -2.11. The van der Waals surface area contributed by atoms with Crippen molar-refractivity contribution in [2.24, 2.45) is 10.6 Å². The Morgan fingerprint density at radius 3 is 2.25 bits per heavy atom. The minimum absolute atomic E-state index is 0.0650. The lowest BCUT2D eigenvalue weighted by molar-refractivity contribution is 0.0943. The fourth-order valence-electron chi connectivity index (χ4n) is 3.60. The molecule has 2 aromatic rings. The number of rotatable bonds is 6. The summed E-state index contributed by atoms with van der Waals surface area (Å²) in [6.07, 6.45) is 0. The summed E-state index contributed by atoms with van der Waals surface area (Å²) in [4.78, 5) is 12.9. The second kappa shape index (κ2) is 7.10. The lowest BCUT2D eigenvalue weighted by atomic mass is 10.0. The number of nitrogens with two attached hydrogens (primary N) is 1. The number of sulfonamides is 1. The van der Waals surface area contributed by atoms with E-state index in [4.69, 9.17) is 14.6 Å². The summed E-state index contributed by atoms with van der Waals surface area (Å²) in [5.41, 5.74) is 1.21. The molecule has 1 aliphatic rings. The smallest absolute Gasteiger partial charge is 0.255 e. The summed E-state index contributed by atoms with van der Waals surface area (Å²) in [5.74, 6) is 0.869. The number of amides is 1. The normalized spacial score (nSPS) is 20.3. The topological polar surface area (TPSA) is 108 Å². The Morgan fingerprint density at radius 2 is 1.71 bits per heavy atom. The van der Waals surface area contributed by atoms with Crippen molar-refractivity contribution in [2.45, 2.75) is 30.7 Å². The van der Waals surface area contributed by atoms with Crippen molar-refractivity contribution < 1.29 is 22.7 Å². The van der Waals surface area contributed by atoms with E-state index in [1.54, 1.807) is 37.4 Å². The molecule has 0 bridgehead atoms. The quantitative estimate of drug-likeness (QED) is 0.768. The Kier molecular flexibility index (Phi) is 5.12. The molecule has 2 aromatic carbocycles. The minimum Gasteiger partial charge on any atom is -0.497 e. The van der Waals surface area contributed by atoms with Crippen LogP contribution in [0, 0.1) is 5.41 Å². The molecule has 3 rings (SSSR count). The molecule has 3 N–H and O–H groups in total. The maximum atomic E-state index is 12.8. The van der Waals surface area contributed by atoms with Gasteiger partial charge in [0.25, 0.3) is 5.91 Å². The van der Waals surface area contributed by atoms with Gasteiger partial charge in [-0.25, -0.2) is 13.6 Å². The molecule has 7 nitrogen and oxygen atoms in total. The van der Waals surface area contributed by atoms with Crippen LogP contribution in [0.3, 0.4) is 0 Å². The van der Waals surface area contributed by atoms with Crippen LogP contribution < -0.4 is 19.9 Å². The van der Waals surface area contributed by atoms with E-state index in [9.17, 15) is 13.2 Å². The van der Waals surface area contributed by atoms with Gasteiger partial charge in [-0.15, -0.1) is 0 Å². The molecule has 28 heavy (non-hydrogen) atoms. The number of hydrogen-bond donors (Lipinski definition) is 2. The molecule has 0 unspecified atom stereocenters. The molecule has 0 radical (unpaired) electrons. The molecule has 1 saturated carbocycles. The minimum atomic E-state index is -3.73. The van der Waals surface area contributed by atoms with Gasteiger partial charge in [-0.1, -0.05) is 26.0 Å². The van der Waals surface area contributed by atoms with Crippen LogP contribution in [0.2, 0.25) is 0 Å². The molecular weight excluding hydrogens is 380 g/mol. The standard InChI is InChI=1S/C20H24N2O5S/c1-20(2)17(12-5-8-14(9-6-12)28(21,24)25)18(20)22-19(23)15-10-7-13(26-3)11-16(15)27-4/h5-11,17-18H,1-4H3,(H,22,23)(H2,21,24,25)/t17-,18+/m1/s1. The number of ether oxygens (including phenoxy) is 2. The SMILES string of the molecule is COc1ccc(C(=O)N[C@H]2[C@@H](c3ccc(S(N)(=O)=O)cc3)C2(C)C)c(OC)c1. The van der Waals surface area contributed by atoms with Gasteiger partial charge in [0.2, 0.25) is 10.0 Å². The highest BCUT2D eigenvalue weighted by Gasteiger charge is 2.59. The van der Waals surface area contributed by atoms with Crippen molar-refractivity contribution >= 4 is 15.9 Å². The van der Waals surface area contributed by atoms with E-state index < -0.39 is 10.0 Å². The van der Waals surface area contributed by atoms with Crippen molar-refractivity contribution in [1.29, 1.82) is 0 Å². The summed E-state index contributed by atoms with van der Waals surface area (Å²) in [6, 6.07) is 11.4. The van der Waals surface area contributed by atoms with Crippen LogP contribution in [0.4, 0.5) is 0 Å². The highest BCUT2D eigenvalue weighted by molar-refractivity contribution is 7.89. The number of methoxy groups -OCH3 is 2. The number of carbonyl (C=O) groups is 1. The first-order valence-electron chi connectivity index (χ1n) is 8.75. The fourth-order valence-corrected chi connectivity index (χ4v) is 4.11. The third-order valence-electron chi connectivity index (χ3n) is 5.34. The summed E-state index contributed by atoms with van der Waals surface area (Å²) in [7, 11) is -0.678. The third-order valence-corrected chi connectivity index (χ3v) is 6.26. The molecule has 0 saturated heterocycles. The second-order valence-corrected chi connectivity index (χ2v) is 8.99. The van der Waals surface area contributed by atoms with Crippen LogP contribution in [0.15, 0.2) is 47.4 Å². The van der Waals surface area contributed by atoms with E-state index in [2.05, 4.69) is 19.2 Å². The first-order valence-corrected chi connectivity index (χ1v) is 10.3. The van der Waals surface area contributed by atoms with Crippen molar-refractivity contribution in [1.82, 2.24) is 5.32 Å². The molecule has 8 heteroatoms. The van der Waals surface area contributed by atoms with Gasteiger partial charge < -0.3 is 14.8 Å². The predicted octanol–water partition coefficient (Wildman–Crippen LogP) is 2.27. The maximum absolute atomic E-state index is 12.8. The first kappa shape index (κ1) is 20.2. The van der Waals surface area contributed by atoms with Gasteiger partial charge in [0.05, 0.1) is 24.7 Å². The highest BCUT2D eigenvalue weighted by atomic mass is 32.2. The van der Waals surface area contributed by atoms with Gasteiger partial charge in [0.15, 0.2) is 0 Å². The summed E-state index contributed by atoms with van der Waals surface area (Å²) < 4.78 is 33.3. The lowest BCUT2D eigenvalue weighted by Crippen LogP contribution is -2.29. The van der Waals surface area contributed by atoms with Crippen molar-refractivity contribution in [3.05, 3.63) is 53.6 Å². The van der Waals surface area contributed by atoms with E-state index in [0.717, 1.165) is 5.56 Å². The Morgan fingerprint density at radius 1 is 1.07 bits per heavy atom. The van der Waals surface area contributed by atoms with Crippen LogP contribution >= 0.6 is 0 Å². The Bertz CT molecular complexity index is 1000. The molecule has 1 aliphatic carbocycles. The molecule has 0 aromatic heterocycles. The number of carbonyl (C=O) groups excluding carboxylic acids is 1. The molecular formula is C20H24N2O5S. The molecule has 2 atom stereocenters. The van der Waals surface area contributed by atoms with E-state index in [-0.39, 0.29) is 28.2 Å². The van der Waals surface area contributed by atoms with Crippen LogP contribution in [-0.4, -0.2) is 34.6 Å². The molecule has 0 heterocycles. The zero-order valence-electron chi connectivity index (χ0n) is 16.2. The van der Waals surface area contributed by atoms with Crippen LogP contribution in [0.25, 0.3) is 0 Å². The van der Waals surface area contributed by atoms with Crippen molar-refractivity contribution in [3.8, 4) is 11.5 Å². The van der Waals surface area contributed by atoms with Crippen LogP contribution in [-0.2, 0) is 10.0 Å². The molecule has 1 fully saturated rings. The maximum Gasteiger partial charge on any atom is 0.255 e. The average Bonchev–Trinajstić information content (AvgIpc) is 3.20. The van der Waals surface area contributed by atoms with Crippen molar-refractivity contribution in [3.63, 3.8) is 0 Å². The average molecular weight is 404 g/mol. The first-order chi connectivity index (χ1) is 13.1. The fraction of sp³-hybridized carbons (Fsp3) is 0.350. The van der Waals surface area contributed by atoms with Crippen molar-refractivity contribution in [2.75, 3.05) is 14.2 Å². The number of primary sulfonamides is 1. The molecule has 0 aliphatic heterocycles. The predicted molar refractivity (Wildman–Crippen MR) is 105 cm³/mol.